The van der Waals surface area contributed by atoms with Crippen molar-refractivity contribution in [2.45, 2.75) is 38.1 Å². The van der Waals surface area contributed by atoms with Gasteiger partial charge in [0, 0.05) is 35.6 Å². The molecule has 2 aromatic heterocycles. The summed E-state index contributed by atoms with van der Waals surface area (Å²) in [6, 6.07) is 2.72. The fraction of sp³-hybridized carbons (Fsp3) is 0.533. The van der Waals surface area contributed by atoms with Crippen LogP contribution in [-0.4, -0.2) is 16.3 Å². The molecule has 2 atom stereocenters. The average Bonchev–Trinajstić information content (AvgIpc) is 3.04. The average molecular weight is 275 g/mol. The van der Waals surface area contributed by atoms with Crippen LogP contribution in [0.2, 0.25) is 0 Å². The molecular formula is C15H21N3S. The van der Waals surface area contributed by atoms with E-state index in [1.54, 1.807) is 10.4 Å². The van der Waals surface area contributed by atoms with Gasteiger partial charge in [-0.15, -0.1) is 11.3 Å². The third-order valence-corrected chi connectivity index (χ3v) is 5.01. The first-order valence-corrected chi connectivity index (χ1v) is 7.95. The van der Waals surface area contributed by atoms with E-state index in [9.17, 15) is 0 Å². The lowest BCUT2D eigenvalue weighted by atomic mass is 9.80. The lowest BCUT2D eigenvalue weighted by Gasteiger charge is -2.30. The number of nitrogens with one attached hydrogen (secondary N) is 1. The van der Waals surface area contributed by atoms with Gasteiger partial charge < -0.3 is 5.32 Å². The predicted molar refractivity (Wildman–Crippen MR) is 79.6 cm³/mol. The highest BCUT2D eigenvalue weighted by molar-refractivity contribution is 7.10. The summed E-state index contributed by atoms with van der Waals surface area (Å²) in [4.78, 5) is 1.59. The van der Waals surface area contributed by atoms with E-state index < -0.39 is 0 Å². The van der Waals surface area contributed by atoms with Crippen molar-refractivity contribution < 1.29 is 0 Å². The van der Waals surface area contributed by atoms with Gasteiger partial charge in [-0.05, 0) is 42.8 Å². The molecule has 2 unspecified atom stereocenters. The minimum absolute atomic E-state index is 0.396. The normalized spacial score (nSPS) is 20.2. The molecule has 4 heteroatoms. The first-order chi connectivity index (χ1) is 9.29. The van der Waals surface area contributed by atoms with Crippen molar-refractivity contribution in [2.75, 3.05) is 6.54 Å². The van der Waals surface area contributed by atoms with Gasteiger partial charge in [0.1, 0.15) is 0 Å². The lowest BCUT2D eigenvalue weighted by Crippen LogP contribution is -2.28. The number of nitrogens with zero attached hydrogens (tertiary/aromatic N) is 2. The fourth-order valence-electron chi connectivity index (χ4n) is 3.18. The Hall–Kier alpha value is -1.13. The van der Waals surface area contributed by atoms with Gasteiger partial charge in [-0.2, -0.15) is 5.10 Å². The van der Waals surface area contributed by atoms with E-state index >= 15 is 0 Å². The summed E-state index contributed by atoms with van der Waals surface area (Å²) in [5, 5.41) is 10.2. The van der Waals surface area contributed by atoms with Gasteiger partial charge in [-0.1, -0.05) is 6.92 Å². The molecule has 2 aromatic rings. The molecule has 0 spiro atoms. The van der Waals surface area contributed by atoms with Crippen LogP contribution < -0.4 is 5.32 Å². The number of hydrogen-bond acceptors (Lipinski definition) is 3. The SMILES string of the molecule is CCNC(c1cnn(C)c1)C1CCCc2sccc21. The summed E-state index contributed by atoms with van der Waals surface area (Å²) in [6.07, 6.45) is 7.99. The molecule has 0 bridgehead atoms. The maximum atomic E-state index is 4.34. The highest BCUT2D eigenvalue weighted by atomic mass is 32.1. The molecule has 0 saturated carbocycles. The van der Waals surface area contributed by atoms with E-state index in [1.807, 2.05) is 29.3 Å². The van der Waals surface area contributed by atoms with Crippen LogP contribution in [0.25, 0.3) is 0 Å². The summed E-state index contributed by atoms with van der Waals surface area (Å²) in [6.45, 7) is 3.18. The van der Waals surface area contributed by atoms with Gasteiger partial charge in [0.25, 0.3) is 0 Å². The van der Waals surface area contributed by atoms with E-state index in [-0.39, 0.29) is 0 Å². The predicted octanol–water partition coefficient (Wildman–Crippen LogP) is 3.25. The van der Waals surface area contributed by atoms with Crippen molar-refractivity contribution in [1.29, 1.82) is 0 Å². The minimum Gasteiger partial charge on any atom is -0.310 e. The molecule has 19 heavy (non-hydrogen) atoms. The number of likely N-dealkylation sites (N-methyl/N-ethyl adjacent to an activating group) is 1. The van der Waals surface area contributed by atoms with Crippen LogP contribution in [0.5, 0.6) is 0 Å². The number of fused-ring (bicyclic) bond motifs is 1. The summed E-state index contributed by atoms with van der Waals surface area (Å²) in [5.41, 5.74) is 2.87. The number of aryl methyl sites for hydroxylation is 2. The number of aromatic nitrogens is 2. The summed E-state index contributed by atoms with van der Waals surface area (Å²) in [5.74, 6) is 0.596. The molecule has 1 aliphatic rings. The number of thiophene rings is 1. The van der Waals surface area contributed by atoms with Gasteiger partial charge in [0.05, 0.1) is 6.20 Å². The van der Waals surface area contributed by atoms with Gasteiger partial charge >= 0.3 is 0 Å². The van der Waals surface area contributed by atoms with Crippen LogP contribution in [0.1, 0.15) is 47.7 Å². The zero-order valence-corrected chi connectivity index (χ0v) is 12.4. The zero-order valence-electron chi connectivity index (χ0n) is 11.6. The molecule has 2 heterocycles. The lowest BCUT2D eigenvalue weighted by molar-refractivity contribution is 0.411. The molecule has 0 aromatic carbocycles. The van der Waals surface area contributed by atoms with Crippen LogP contribution in [0.3, 0.4) is 0 Å². The second-order valence-corrected chi connectivity index (χ2v) is 6.28. The van der Waals surface area contributed by atoms with Crippen molar-refractivity contribution >= 4 is 11.3 Å². The molecule has 0 fully saturated rings. The van der Waals surface area contributed by atoms with Crippen LogP contribution in [0.4, 0.5) is 0 Å². The number of rotatable bonds is 4. The Morgan fingerprint density at radius 2 is 2.47 bits per heavy atom. The van der Waals surface area contributed by atoms with Crippen LogP contribution in [-0.2, 0) is 13.5 Å². The first-order valence-electron chi connectivity index (χ1n) is 7.07. The van der Waals surface area contributed by atoms with Crippen LogP contribution in [0, 0.1) is 0 Å². The Morgan fingerprint density at radius 3 is 3.21 bits per heavy atom. The fourth-order valence-corrected chi connectivity index (χ4v) is 4.18. The number of hydrogen-bond donors (Lipinski definition) is 1. The van der Waals surface area contributed by atoms with Gasteiger partial charge in [0.2, 0.25) is 0 Å². The van der Waals surface area contributed by atoms with Crippen LogP contribution in [0.15, 0.2) is 23.8 Å². The van der Waals surface area contributed by atoms with Gasteiger partial charge in [-0.3, -0.25) is 4.68 Å². The molecule has 1 aliphatic carbocycles. The summed E-state index contributed by atoms with van der Waals surface area (Å²) in [7, 11) is 1.99. The van der Waals surface area contributed by atoms with E-state index in [0.29, 0.717) is 12.0 Å². The Bertz CT molecular complexity index is 543. The maximum absolute atomic E-state index is 4.34. The third-order valence-electron chi connectivity index (χ3n) is 4.01. The second kappa shape index (κ2) is 5.47. The highest BCUT2D eigenvalue weighted by Gasteiger charge is 2.29. The highest BCUT2D eigenvalue weighted by Crippen LogP contribution is 2.42. The molecule has 1 N–H and O–H groups in total. The van der Waals surface area contributed by atoms with E-state index in [4.69, 9.17) is 0 Å². The van der Waals surface area contributed by atoms with Gasteiger partial charge in [-0.25, -0.2) is 0 Å². The van der Waals surface area contributed by atoms with Crippen molar-refractivity contribution in [3.8, 4) is 0 Å². The Balaban J connectivity index is 1.93. The van der Waals surface area contributed by atoms with E-state index in [1.165, 1.54) is 24.8 Å². The standard InChI is InChI=1S/C15H21N3S/c1-3-16-15(11-9-17-18(2)10-11)13-5-4-6-14-12(13)7-8-19-14/h7-10,13,15-16H,3-6H2,1-2H3. The van der Waals surface area contributed by atoms with E-state index in [2.05, 4.69) is 35.0 Å². The van der Waals surface area contributed by atoms with Crippen LogP contribution >= 0.6 is 11.3 Å². The minimum atomic E-state index is 0.396. The van der Waals surface area contributed by atoms with Crippen molar-refractivity contribution in [3.05, 3.63) is 39.8 Å². The molecule has 0 saturated heterocycles. The summed E-state index contributed by atoms with van der Waals surface area (Å²) < 4.78 is 1.90. The molecule has 0 radical (unpaired) electrons. The summed E-state index contributed by atoms with van der Waals surface area (Å²) >= 11 is 1.92. The monoisotopic (exact) mass is 275 g/mol. The molecule has 3 rings (SSSR count). The zero-order chi connectivity index (χ0) is 13.2. The topological polar surface area (TPSA) is 29.9 Å². The molecule has 102 valence electrons. The van der Waals surface area contributed by atoms with Crippen molar-refractivity contribution in [2.24, 2.45) is 7.05 Å². The van der Waals surface area contributed by atoms with Crippen molar-refractivity contribution in [1.82, 2.24) is 15.1 Å². The molecule has 0 amide bonds. The molecule has 3 nitrogen and oxygen atoms in total. The molecular weight excluding hydrogens is 254 g/mol. The van der Waals surface area contributed by atoms with Crippen molar-refractivity contribution in [3.63, 3.8) is 0 Å². The third kappa shape index (κ3) is 2.47. The maximum Gasteiger partial charge on any atom is 0.0537 e. The Kier molecular flexibility index (Phi) is 3.71. The molecule has 0 aliphatic heterocycles. The Morgan fingerprint density at radius 1 is 1.58 bits per heavy atom. The Labute approximate surface area is 118 Å². The quantitative estimate of drug-likeness (QED) is 0.928. The second-order valence-electron chi connectivity index (χ2n) is 5.28. The smallest absolute Gasteiger partial charge is 0.0537 e. The largest absolute Gasteiger partial charge is 0.310 e. The van der Waals surface area contributed by atoms with Gasteiger partial charge in [0.15, 0.2) is 0 Å². The first kappa shape index (κ1) is 12.9. The van der Waals surface area contributed by atoms with E-state index in [0.717, 1.165) is 6.54 Å².